The molecule has 8 N–H and O–H groups in total. The molecule has 142 valence electrons. The molecule has 0 spiro atoms. The van der Waals surface area contributed by atoms with Crippen LogP contribution in [-0.4, -0.2) is 71.9 Å². The molecular formula is C13H23N5O6S. The third-order valence-electron chi connectivity index (χ3n) is 2.91. The zero-order valence-corrected chi connectivity index (χ0v) is 14.6. The van der Waals surface area contributed by atoms with Gasteiger partial charge in [-0.3, -0.25) is 19.2 Å². The highest BCUT2D eigenvalue weighted by Gasteiger charge is 2.27. The van der Waals surface area contributed by atoms with Crippen molar-refractivity contribution in [3.8, 4) is 0 Å². The molecule has 2 unspecified atom stereocenters. The van der Waals surface area contributed by atoms with Crippen molar-refractivity contribution in [2.24, 2.45) is 11.5 Å². The second-order valence-electron chi connectivity index (χ2n) is 4.95. The van der Waals surface area contributed by atoms with Crippen molar-refractivity contribution in [1.82, 2.24) is 16.0 Å². The van der Waals surface area contributed by atoms with Gasteiger partial charge in [-0.1, -0.05) is 0 Å². The summed E-state index contributed by atoms with van der Waals surface area (Å²) in [4.78, 5) is 57.1. The van der Waals surface area contributed by atoms with Crippen molar-refractivity contribution < 1.29 is 29.1 Å². The number of carboxylic acids is 1. The highest BCUT2D eigenvalue weighted by molar-refractivity contribution is 7.98. The Balaban J connectivity index is 4.84. The number of amides is 4. The van der Waals surface area contributed by atoms with Gasteiger partial charge in [0.25, 0.3) is 0 Å². The summed E-state index contributed by atoms with van der Waals surface area (Å²) in [6, 6.07) is -2.51. The first-order chi connectivity index (χ1) is 11.7. The van der Waals surface area contributed by atoms with Crippen LogP contribution in [0.4, 0.5) is 0 Å². The molecule has 0 radical (unpaired) electrons. The zero-order chi connectivity index (χ0) is 19.4. The van der Waals surface area contributed by atoms with Crippen LogP contribution in [0.5, 0.6) is 0 Å². The van der Waals surface area contributed by atoms with Crippen LogP contribution in [0.15, 0.2) is 0 Å². The van der Waals surface area contributed by atoms with Crippen LogP contribution in [0.2, 0.25) is 0 Å². The summed E-state index contributed by atoms with van der Waals surface area (Å²) in [7, 11) is 0. The maximum atomic E-state index is 12.2. The molecule has 0 aromatic heterocycles. The average molecular weight is 377 g/mol. The lowest BCUT2D eigenvalue weighted by atomic mass is 10.1. The summed E-state index contributed by atoms with van der Waals surface area (Å²) in [5.74, 6) is -3.78. The van der Waals surface area contributed by atoms with Crippen LogP contribution >= 0.6 is 11.8 Å². The molecule has 12 heteroatoms. The van der Waals surface area contributed by atoms with Gasteiger partial charge in [0.1, 0.15) is 12.1 Å². The molecule has 0 saturated carbocycles. The van der Waals surface area contributed by atoms with E-state index >= 15 is 0 Å². The Morgan fingerprint density at radius 1 is 1.08 bits per heavy atom. The molecule has 4 amide bonds. The van der Waals surface area contributed by atoms with Crippen molar-refractivity contribution in [1.29, 1.82) is 0 Å². The van der Waals surface area contributed by atoms with E-state index in [1.165, 1.54) is 11.8 Å². The minimum atomic E-state index is -1.35. The fraction of sp³-hybridized carbons (Fsp3) is 0.615. The summed E-state index contributed by atoms with van der Waals surface area (Å²) in [5, 5.41) is 15.8. The van der Waals surface area contributed by atoms with Gasteiger partial charge >= 0.3 is 5.97 Å². The first kappa shape index (κ1) is 22.7. The quantitative estimate of drug-likeness (QED) is 0.204. The van der Waals surface area contributed by atoms with Gasteiger partial charge in [-0.05, 0) is 18.4 Å². The van der Waals surface area contributed by atoms with Crippen molar-refractivity contribution in [2.75, 3.05) is 25.1 Å². The molecule has 0 saturated heterocycles. The van der Waals surface area contributed by atoms with E-state index in [0.29, 0.717) is 5.75 Å². The molecule has 0 fully saturated rings. The Hall–Kier alpha value is -2.34. The summed E-state index contributed by atoms with van der Waals surface area (Å²) in [6.07, 6.45) is 1.44. The Labute approximate surface area is 148 Å². The monoisotopic (exact) mass is 377 g/mol. The van der Waals surface area contributed by atoms with Crippen molar-refractivity contribution in [3.63, 3.8) is 0 Å². The molecule has 0 bridgehead atoms. The number of carbonyl (C=O) groups excluding carboxylic acids is 4. The van der Waals surface area contributed by atoms with Gasteiger partial charge in [-0.15, -0.1) is 0 Å². The van der Waals surface area contributed by atoms with Crippen LogP contribution in [0, 0.1) is 0 Å². The topological polar surface area (TPSA) is 194 Å². The Kier molecular flexibility index (Phi) is 11.0. The molecule has 0 aliphatic carbocycles. The third kappa shape index (κ3) is 10.2. The summed E-state index contributed by atoms with van der Waals surface area (Å²) in [5.41, 5.74) is 10.1. The molecule has 2 atom stereocenters. The van der Waals surface area contributed by atoms with Gasteiger partial charge in [0.2, 0.25) is 23.6 Å². The first-order valence-corrected chi connectivity index (χ1v) is 8.67. The Morgan fingerprint density at radius 2 is 1.72 bits per heavy atom. The predicted molar refractivity (Wildman–Crippen MR) is 90.4 cm³/mol. The normalized spacial score (nSPS) is 12.6. The number of thioether (sulfide) groups is 1. The molecule has 0 aliphatic rings. The first-order valence-electron chi connectivity index (χ1n) is 7.27. The van der Waals surface area contributed by atoms with E-state index in [1.54, 1.807) is 6.26 Å². The molecule has 0 aromatic carbocycles. The fourth-order valence-electron chi connectivity index (χ4n) is 1.67. The Bertz CT molecular complexity index is 515. The van der Waals surface area contributed by atoms with Crippen LogP contribution in [0.25, 0.3) is 0 Å². The fourth-order valence-corrected chi connectivity index (χ4v) is 2.14. The summed E-state index contributed by atoms with van der Waals surface area (Å²) in [6.45, 7) is -0.762. The Morgan fingerprint density at radius 3 is 2.20 bits per heavy atom. The van der Waals surface area contributed by atoms with Gasteiger partial charge in [0.15, 0.2) is 0 Å². The predicted octanol–water partition coefficient (Wildman–Crippen LogP) is -3.26. The summed E-state index contributed by atoms with van der Waals surface area (Å²) < 4.78 is 0. The molecule has 0 heterocycles. The number of carboxylic acid groups (broad SMARTS) is 1. The second-order valence-corrected chi connectivity index (χ2v) is 5.94. The number of aliphatic carboxylic acids is 1. The van der Waals surface area contributed by atoms with E-state index in [0.717, 1.165) is 0 Å². The van der Waals surface area contributed by atoms with Crippen LogP contribution < -0.4 is 27.4 Å². The van der Waals surface area contributed by atoms with Gasteiger partial charge in [0.05, 0.1) is 19.5 Å². The number of nitrogens with one attached hydrogen (secondary N) is 3. The number of rotatable bonds is 12. The highest BCUT2D eigenvalue weighted by atomic mass is 32.2. The van der Waals surface area contributed by atoms with Gasteiger partial charge in [0, 0.05) is 0 Å². The van der Waals surface area contributed by atoms with E-state index < -0.39 is 54.6 Å². The minimum absolute atomic E-state index is 0.173. The van der Waals surface area contributed by atoms with E-state index in [9.17, 15) is 24.0 Å². The SMILES string of the molecule is CSCCC(NC(=O)C(CC(N)=O)NC(=O)CNC(=O)CN)C(=O)O. The van der Waals surface area contributed by atoms with Crippen LogP contribution in [0.1, 0.15) is 12.8 Å². The maximum Gasteiger partial charge on any atom is 0.326 e. The number of primary amides is 1. The number of hydrogen-bond donors (Lipinski definition) is 6. The average Bonchev–Trinajstić information content (AvgIpc) is 2.54. The van der Waals surface area contributed by atoms with Crippen molar-refractivity contribution in [2.45, 2.75) is 24.9 Å². The zero-order valence-electron chi connectivity index (χ0n) is 13.7. The third-order valence-corrected chi connectivity index (χ3v) is 3.56. The number of nitrogens with two attached hydrogens (primary N) is 2. The van der Waals surface area contributed by atoms with E-state index in [4.69, 9.17) is 16.6 Å². The maximum absolute atomic E-state index is 12.2. The largest absolute Gasteiger partial charge is 0.480 e. The van der Waals surface area contributed by atoms with Gasteiger partial charge < -0.3 is 32.5 Å². The molecule has 25 heavy (non-hydrogen) atoms. The molecule has 11 nitrogen and oxygen atoms in total. The lowest BCUT2D eigenvalue weighted by Crippen LogP contribution is -2.54. The lowest BCUT2D eigenvalue weighted by molar-refractivity contribution is -0.142. The van der Waals surface area contributed by atoms with E-state index in [1.807, 2.05) is 0 Å². The van der Waals surface area contributed by atoms with Crippen LogP contribution in [0.3, 0.4) is 0 Å². The van der Waals surface area contributed by atoms with Crippen molar-refractivity contribution >= 4 is 41.4 Å². The molecular weight excluding hydrogens is 354 g/mol. The smallest absolute Gasteiger partial charge is 0.326 e. The summed E-state index contributed by atoms with van der Waals surface area (Å²) >= 11 is 1.41. The molecule has 0 aliphatic heterocycles. The lowest BCUT2D eigenvalue weighted by Gasteiger charge is -2.20. The van der Waals surface area contributed by atoms with Gasteiger partial charge in [-0.25, -0.2) is 4.79 Å². The second kappa shape index (κ2) is 12.1. The van der Waals surface area contributed by atoms with Crippen molar-refractivity contribution in [3.05, 3.63) is 0 Å². The molecule has 0 rings (SSSR count). The van der Waals surface area contributed by atoms with E-state index in [2.05, 4.69) is 16.0 Å². The number of carbonyl (C=O) groups is 5. The highest BCUT2D eigenvalue weighted by Crippen LogP contribution is 2.02. The molecule has 0 aromatic rings. The standard InChI is InChI=1S/C13H23N5O6S/c1-25-3-2-7(13(23)24)18-12(22)8(4-9(15)19)17-11(21)6-16-10(20)5-14/h7-8H,2-6,14H2,1H3,(H2,15,19)(H,16,20)(H,17,21)(H,18,22)(H,23,24). The van der Waals surface area contributed by atoms with Gasteiger partial charge in [-0.2, -0.15) is 11.8 Å². The minimum Gasteiger partial charge on any atom is -0.480 e. The van der Waals surface area contributed by atoms with Crippen LogP contribution in [-0.2, 0) is 24.0 Å². The van der Waals surface area contributed by atoms with E-state index in [-0.39, 0.29) is 13.0 Å². The number of hydrogen-bond acceptors (Lipinski definition) is 7.